The minimum Gasteiger partial charge on any atom is -0.324 e. The molecule has 1 fully saturated rings. The second kappa shape index (κ2) is 6.76. The summed E-state index contributed by atoms with van der Waals surface area (Å²) in [5, 5.41) is 0. The van der Waals surface area contributed by atoms with Gasteiger partial charge >= 0.3 is 6.18 Å². The lowest BCUT2D eigenvalue weighted by Crippen LogP contribution is -2.26. The molecular formula is C14H18ClF4N. The van der Waals surface area contributed by atoms with E-state index in [2.05, 4.69) is 0 Å². The third-order valence-corrected chi connectivity index (χ3v) is 3.84. The van der Waals surface area contributed by atoms with Crippen molar-refractivity contribution in [2.24, 2.45) is 11.7 Å². The van der Waals surface area contributed by atoms with Gasteiger partial charge in [0.05, 0.1) is 5.56 Å². The monoisotopic (exact) mass is 311 g/mol. The van der Waals surface area contributed by atoms with Gasteiger partial charge in [0.25, 0.3) is 0 Å². The van der Waals surface area contributed by atoms with Crippen LogP contribution in [-0.2, 0) is 6.18 Å². The van der Waals surface area contributed by atoms with Crippen LogP contribution in [0.5, 0.6) is 0 Å². The van der Waals surface area contributed by atoms with Crippen molar-refractivity contribution in [1.29, 1.82) is 0 Å². The lowest BCUT2D eigenvalue weighted by Gasteiger charge is -2.29. The molecule has 1 aliphatic carbocycles. The van der Waals surface area contributed by atoms with Crippen molar-refractivity contribution in [1.82, 2.24) is 0 Å². The molecule has 0 heterocycles. The number of halogens is 5. The Morgan fingerprint density at radius 2 is 1.70 bits per heavy atom. The highest BCUT2D eigenvalue weighted by Gasteiger charge is 2.36. The molecule has 0 bridgehead atoms. The average molecular weight is 312 g/mol. The van der Waals surface area contributed by atoms with Crippen LogP contribution in [0.2, 0.25) is 0 Å². The van der Waals surface area contributed by atoms with Gasteiger partial charge in [0, 0.05) is 6.04 Å². The van der Waals surface area contributed by atoms with Gasteiger partial charge in [0.2, 0.25) is 0 Å². The largest absolute Gasteiger partial charge is 0.416 e. The Kier molecular flexibility index (Phi) is 5.83. The zero-order valence-corrected chi connectivity index (χ0v) is 11.7. The number of hydrogen-bond donors (Lipinski definition) is 1. The first kappa shape index (κ1) is 17.2. The van der Waals surface area contributed by atoms with Crippen LogP contribution in [0.1, 0.15) is 49.3 Å². The predicted molar refractivity (Wildman–Crippen MR) is 72.2 cm³/mol. The molecule has 2 rings (SSSR count). The van der Waals surface area contributed by atoms with Crippen LogP contribution in [0, 0.1) is 11.7 Å². The zero-order chi connectivity index (χ0) is 14.0. The van der Waals surface area contributed by atoms with Crippen LogP contribution >= 0.6 is 12.4 Å². The van der Waals surface area contributed by atoms with Gasteiger partial charge in [-0.05, 0) is 36.5 Å². The summed E-state index contributed by atoms with van der Waals surface area (Å²) in [4.78, 5) is 0. The van der Waals surface area contributed by atoms with Crippen LogP contribution in [0.4, 0.5) is 17.6 Å². The Labute approximate surface area is 122 Å². The third kappa shape index (κ3) is 3.85. The summed E-state index contributed by atoms with van der Waals surface area (Å²) in [6.07, 6.45) is 0.232. The Morgan fingerprint density at radius 3 is 2.25 bits per heavy atom. The Balaban J connectivity index is 0.00000200. The minimum atomic E-state index is -4.57. The molecule has 1 saturated carbocycles. The van der Waals surface area contributed by atoms with Gasteiger partial charge in [0.1, 0.15) is 5.82 Å². The maximum Gasteiger partial charge on any atom is 0.416 e. The summed E-state index contributed by atoms with van der Waals surface area (Å²) in [7, 11) is 0. The van der Waals surface area contributed by atoms with E-state index in [9.17, 15) is 17.6 Å². The SMILES string of the molecule is Cl.N[C@@H](c1ccc(F)cc1C(F)(F)F)C1CCCCC1. The molecule has 0 aliphatic heterocycles. The lowest BCUT2D eigenvalue weighted by atomic mass is 9.80. The quantitative estimate of drug-likeness (QED) is 0.777. The van der Waals surface area contributed by atoms with Crippen molar-refractivity contribution in [3.63, 3.8) is 0 Å². The standard InChI is InChI=1S/C14H17F4N.ClH/c15-10-6-7-11(12(8-10)14(16,17)18)13(19)9-4-2-1-3-5-9;/h6-9,13H,1-5,19H2;1H/t13-;/m1./s1. The fraction of sp³-hybridized carbons (Fsp3) is 0.571. The van der Waals surface area contributed by atoms with Crippen molar-refractivity contribution in [3.05, 3.63) is 35.1 Å². The van der Waals surface area contributed by atoms with Crippen LogP contribution in [0.3, 0.4) is 0 Å². The van der Waals surface area contributed by atoms with Crippen LogP contribution in [0.15, 0.2) is 18.2 Å². The molecule has 20 heavy (non-hydrogen) atoms. The van der Waals surface area contributed by atoms with Crippen molar-refractivity contribution in [3.8, 4) is 0 Å². The molecular weight excluding hydrogens is 294 g/mol. The fourth-order valence-corrected chi connectivity index (χ4v) is 2.81. The Morgan fingerprint density at radius 1 is 1.10 bits per heavy atom. The van der Waals surface area contributed by atoms with Gasteiger partial charge in [-0.2, -0.15) is 13.2 Å². The van der Waals surface area contributed by atoms with Gasteiger partial charge in [-0.1, -0.05) is 25.3 Å². The van der Waals surface area contributed by atoms with Crippen molar-refractivity contribution >= 4 is 12.4 Å². The molecule has 1 aliphatic rings. The molecule has 1 aromatic rings. The van der Waals surface area contributed by atoms with E-state index < -0.39 is 23.6 Å². The molecule has 0 amide bonds. The summed E-state index contributed by atoms with van der Waals surface area (Å²) in [5.41, 5.74) is 5.07. The normalized spacial score (nSPS) is 18.4. The highest BCUT2D eigenvalue weighted by molar-refractivity contribution is 5.85. The van der Waals surface area contributed by atoms with Crippen LogP contribution in [0.25, 0.3) is 0 Å². The molecule has 0 saturated heterocycles. The Hall–Kier alpha value is -0.810. The molecule has 1 atom stereocenters. The van der Waals surface area contributed by atoms with Gasteiger partial charge in [-0.15, -0.1) is 12.4 Å². The summed E-state index contributed by atoms with van der Waals surface area (Å²) in [6.45, 7) is 0. The lowest BCUT2D eigenvalue weighted by molar-refractivity contribution is -0.138. The van der Waals surface area contributed by atoms with Crippen LogP contribution in [-0.4, -0.2) is 0 Å². The van der Waals surface area contributed by atoms with E-state index in [4.69, 9.17) is 5.73 Å². The van der Waals surface area contributed by atoms with E-state index in [1.54, 1.807) is 0 Å². The van der Waals surface area contributed by atoms with Gasteiger partial charge in [0.15, 0.2) is 0 Å². The number of rotatable bonds is 2. The summed E-state index contributed by atoms with van der Waals surface area (Å²) in [6, 6.07) is 2.10. The van der Waals surface area contributed by atoms with E-state index in [0.29, 0.717) is 6.07 Å². The first-order valence-corrected chi connectivity index (χ1v) is 6.52. The topological polar surface area (TPSA) is 26.0 Å². The smallest absolute Gasteiger partial charge is 0.324 e. The molecule has 6 heteroatoms. The van der Waals surface area contributed by atoms with Crippen molar-refractivity contribution in [2.45, 2.75) is 44.3 Å². The molecule has 0 radical (unpaired) electrons. The summed E-state index contributed by atoms with van der Waals surface area (Å²) >= 11 is 0. The van der Waals surface area contributed by atoms with E-state index >= 15 is 0 Å². The van der Waals surface area contributed by atoms with Gasteiger partial charge in [-0.3, -0.25) is 0 Å². The summed E-state index contributed by atoms with van der Waals surface area (Å²) in [5.74, 6) is -0.827. The Bertz CT molecular complexity index is 441. The predicted octanol–water partition coefficient (Wildman–Crippen LogP) is 4.85. The first-order chi connectivity index (χ1) is 8.89. The van der Waals surface area contributed by atoms with Gasteiger partial charge in [-0.25, -0.2) is 4.39 Å². The number of hydrogen-bond acceptors (Lipinski definition) is 1. The minimum absolute atomic E-state index is 0. The molecule has 1 nitrogen and oxygen atoms in total. The second-order valence-corrected chi connectivity index (χ2v) is 5.15. The first-order valence-electron chi connectivity index (χ1n) is 6.52. The molecule has 2 N–H and O–H groups in total. The highest BCUT2D eigenvalue weighted by atomic mass is 35.5. The number of benzene rings is 1. The van der Waals surface area contributed by atoms with Crippen LogP contribution < -0.4 is 5.73 Å². The van der Waals surface area contributed by atoms with Gasteiger partial charge < -0.3 is 5.73 Å². The molecule has 0 spiro atoms. The van der Waals surface area contributed by atoms with E-state index in [0.717, 1.165) is 38.2 Å². The second-order valence-electron chi connectivity index (χ2n) is 5.15. The maximum absolute atomic E-state index is 13.0. The number of nitrogens with two attached hydrogens (primary N) is 1. The van der Waals surface area contributed by atoms with E-state index in [-0.39, 0.29) is 23.9 Å². The summed E-state index contributed by atoms with van der Waals surface area (Å²) < 4.78 is 51.8. The molecule has 0 unspecified atom stereocenters. The molecule has 0 aromatic heterocycles. The van der Waals surface area contributed by atoms with E-state index in [1.165, 1.54) is 6.07 Å². The highest BCUT2D eigenvalue weighted by Crippen LogP contribution is 2.39. The van der Waals surface area contributed by atoms with Crippen molar-refractivity contribution < 1.29 is 17.6 Å². The average Bonchev–Trinajstić information content (AvgIpc) is 2.38. The third-order valence-electron chi connectivity index (χ3n) is 3.84. The zero-order valence-electron chi connectivity index (χ0n) is 10.9. The molecule has 114 valence electrons. The maximum atomic E-state index is 13.0. The van der Waals surface area contributed by atoms with E-state index in [1.807, 2.05) is 0 Å². The van der Waals surface area contributed by atoms with Crippen molar-refractivity contribution in [2.75, 3.05) is 0 Å². The molecule has 1 aromatic carbocycles. The number of alkyl halides is 3. The fourth-order valence-electron chi connectivity index (χ4n) is 2.81.